The van der Waals surface area contributed by atoms with E-state index in [1.807, 2.05) is 67.7 Å². The molecule has 7 heteroatoms. The van der Waals surface area contributed by atoms with Crippen molar-refractivity contribution >= 4 is 33.2 Å². The number of pyridine rings is 2. The van der Waals surface area contributed by atoms with Crippen LogP contribution < -0.4 is 5.32 Å². The number of hydrogen-bond donors (Lipinski definition) is 3. The predicted octanol–water partition coefficient (Wildman–Crippen LogP) is 8.04. The Labute approximate surface area is 236 Å². The Balaban J connectivity index is 1.36. The topological polar surface area (TPSA) is 82.3 Å². The average Bonchev–Trinajstić information content (AvgIpc) is 3.63. The molecule has 0 bridgehead atoms. The van der Waals surface area contributed by atoms with Crippen LogP contribution in [0.15, 0.2) is 122 Å². The van der Waals surface area contributed by atoms with Crippen LogP contribution in [0.3, 0.4) is 0 Å². The molecule has 0 saturated heterocycles. The number of nitrogens with zero attached hydrogens (tertiary/aromatic N) is 3. The SMILES string of the molecule is C=C/C(=C\C(=C/C)c1cnc2[nH]nc(-c3cc4c(-c5cccc(F)c5)cncc4[nH]3)c2c1)NC(=C)c1ccccc1. The number of allylic oxidation sites excluding steroid dienone is 4. The summed E-state index contributed by atoms with van der Waals surface area (Å²) in [5.41, 5.74) is 9.12. The fraction of sp³-hybridized carbons (Fsp3) is 0.0294. The monoisotopic (exact) mass is 538 g/mol. The highest BCUT2D eigenvalue weighted by molar-refractivity contribution is 6.00. The second-order valence-electron chi connectivity index (χ2n) is 9.55. The van der Waals surface area contributed by atoms with Gasteiger partial charge in [-0.3, -0.25) is 10.1 Å². The van der Waals surface area contributed by atoms with Crippen molar-refractivity contribution in [2.45, 2.75) is 6.92 Å². The van der Waals surface area contributed by atoms with E-state index >= 15 is 0 Å². The van der Waals surface area contributed by atoms with Crippen molar-refractivity contribution < 1.29 is 4.39 Å². The van der Waals surface area contributed by atoms with Gasteiger partial charge in [-0.05, 0) is 60.0 Å². The molecule has 0 spiro atoms. The maximum Gasteiger partial charge on any atom is 0.155 e. The third-order valence-electron chi connectivity index (χ3n) is 6.95. The molecule has 6 rings (SSSR count). The van der Waals surface area contributed by atoms with Gasteiger partial charge in [0.15, 0.2) is 5.65 Å². The number of benzene rings is 2. The fourth-order valence-electron chi connectivity index (χ4n) is 4.86. The van der Waals surface area contributed by atoms with Gasteiger partial charge in [-0.25, -0.2) is 9.37 Å². The minimum atomic E-state index is -0.291. The van der Waals surface area contributed by atoms with E-state index in [1.54, 1.807) is 24.5 Å². The van der Waals surface area contributed by atoms with Crippen LogP contribution in [-0.4, -0.2) is 25.1 Å². The second-order valence-corrected chi connectivity index (χ2v) is 9.55. The third kappa shape index (κ3) is 5.08. The van der Waals surface area contributed by atoms with E-state index in [-0.39, 0.29) is 5.82 Å². The van der Waals surface area contributed by atoms with Gasteiger partial charge < -0.3 is 10.3 Å². The van der Waals surface area contributed by atoms with E-state index < -0.39 is 0 Å². The first kappa shape index (κ1) is 25.7. The van der Waals surface area contributed by atoms with Gasteiger partial charge in [-0.15, -0.1) is 0 Å². The maximum absolute atomic E-state index is 14.0. The van der Waals surface area contributed by atoms with Crippen LogP contribution in [0.25, 0.3) is 55.7 Å². The molecule has 4 aromatic heterocycles. The summed E-state index contributed by atoms with van der Waals surface area (Å²) in [6, 6.07) is 20.5. The van der Waals surface area contributed by atoms with E-state index in [4.69, 9.17) is 0 Å². The first-order valence-electron chi connectivity index (χ1n) is 13.1. The van der Waals surface area contributed by atoms with E-state index in [0.717, 1.165) is 66.9 Å². The summed E-state index contributed by atoms with van der Waals surface area (Å²) in [4.78, 5) is 12.4. The lowest BCUT2D eigenvalue weighted by Crippen LogP contribution is -2.09. The molecule has 4 heterocycles. The van der Waals surface area contributed by atoms with Crippen LogP contribution in [0.2, 0.25) is 0 Å². The average molecular weight is 539 g/mol. The number of aromatic amines is 2. The van der Waals surface area contributed by atoms with E-state index in [1.165, 1.54) is 12.1 Å². The summed E-state index contributed by atoms with van der Waals surface area (Å²) in [5.74, 6) is -0.291. The van der Waals surface area contributed by atoms with Crippen molar-refractivity contribution in [2.75, 3.05) is 0 Å². The lowest BCUT2D eigenvalue weighted by molar-refractivity contribution is 0.628. The quantitative estimate of drug-likeness (QED) is 0.171. The number of fused-ring (bicyclic) bond motifs is 2. The highest BCUT2D eigenvalue weighted by Crippen LogP contribution is 2.34. The van der Waals surface area contributed by atoms with Gasteiger partial charge >= 0.3 is 0 Å². The summed E-state index contributed by atoms with van der Waals surface area (Å²) < 4.78 is 14.0. The molecule has 0 aliphatic carbocycles. The minimum absolute atomic E-state index is 0.291. The van der Waals surface area contributed by atoms with Crippen molar-refractivity contribution in [3.05, 3.63) is 139 Å². The van der Waals surface area contributed by atoms with E-state index in [9.17, 15) is 4.39 Å². The van der Waals surface area contributed by atoms with Gasteiger partial charge in [0, 0.05) is 45.7 Å². The highest BCUT2D eigenvalue weighted by Gasteiger charge is 2.16. The largest absolute Gasteiger partial charge is 0.356 e. The van der Waals surface area contributed by atoms with Crippen molar-refractivity contribution in [1.29, 1.82) is 0 Å². The molecule has 2 aromatic carbocycles. The van der Waals surface area contributed by atoms with Gasteiger partial charge in [0.05, 0.1) is 17.4 Å². The number of H-pyrrole nitrogens is 2. The van der Waals surface area contributed by atoms with E-state index in [0.29, 0.717) is 5.65 Å². The van der Waals surface area contributed by atoms with E-state index in [2.05, 4.69) is 49.7 Å². The Morgan fingerprint density at radius 3 is 2.59 bits per heavy atom. The van der Waals surface area contributed by atoms with Gasteiger partial charge in [0.1, 0.15) is 11.5 Å². The second kappa shape index (κ2) is 10.9. The molecule has 0 saturated carbocycles. The Morgan fingerprint density at radius 2 is 1.80 bits per heavy atom. The first-order valence-corrected chi connectivity index (χ1v) is 13.1. The van der Waals surface area contributed by atoms with Crippen LogP contribution in [0, 0.1) is 5.82 Å². The lowest BCUT2D eigenvalue weighted by Gasteiger charge is -2.12. The van der Waals surface area contributed by atoms with Gasteiger partial charge in [0.25, 0.3) is 0 Å². The number of hydrogen-bond acceptors (Lipinski definition) is 4. The molecule has 6 nitrogen and oxygen atoms in total. The molecule has 0 aliphatic heterocycles. The van der Waals surface area contributed by atoms with Crippen molar-refractivity contribution in [3.8, 4) is 22.5 Å². The predicted molar refractivity (Wildman–Crippen MR) is 165 cm³/mol. The molecule has 0 fully saturated rings. The fourth-order valence-corrected chi connectivity index (χ4v) is 4.86. The number of halogens is 1. The standard InChI is InChI=1S/C34H27FN6/c1-4-22(15-27(5-2)38-21(3)23-10-7-6-8-11-23)25-16-29-33(40-41-34(29)37-18-25)31-17-28-30(19-36-20-32(28)39-31)24-12-9-13-26(35)14-24/h4-20,38-39H,2-3H2,1H3,(H,37,40,41)/b22-4+,27-15+. The zero-order chi connectivity index (χ0) is 28.3. The van der Waals surface area contributed by atoms with Gasteiger partial charge in [-0.2, -0.15) is 5.10 Å². The zero-order valence-electron chi connectivity index (χ0n) is 22.4. The first-order chi connectivity index (χ1) is 20.0. The number of rotatable bonds is 8. The van der Waals surface area contributed by atoms with Crippen LogP contribution in [0.5, 0.6) is 0 Å². The van der Waals surface area contributed by atoms with Crippen molar-refractivity contribution in [3.63, 3.8) is 0 Å². The summed E-state index contributed by atoms with van der Waals surface area (Å²) in [6.45, 7) is 10.1. The summed E-state index contributed by atoms with van der Waals surface area (Å²) in [6.07, 6.45) is 11.1. The van der Waals surface area contributed by atoms with Crippen molar-refractivity contribution in [1.82, 2.24) is 30.5 Å². The Bertz CT molecular complexity index is 1980. The molecule has 41 heavy (non-hydrogen) atoms. The summed E-state index contributed by atoms with van der Waals surface area (Å²) >= 11 is 0. The molecule has 0 aliphatic rings. The van der Waals surface area contributed by atoms with Gasteiger partial charge in [0.2, 0.25) is 0 Å². The molecule has 200 valence electrons. The molecule has 0 amide bonds. The van der Waals surface area contributed by atoms with Crippen LogP contribution in [0.4, 0.5) is 4.39 Å². The minimum Gasteiger partial charge on any atom is -0.356 e. The Morgan fingerprint density at radius 1 is 0.951 bits per heavy atom. The zero-order valence-corrected chi connectivity index (χ0v) is 22.4. The Hall–Kier alpha value is -5.56. The molecular weight excluding hydrogens is 511 g/mol. The van der Waals surface area contributed by atoms with Gasteiger partial charge in [-0.1, -0.05) is 61.7 Å². The normalized spacial score (nSPS) is 12.1. The molecule has 0 atom stereocenters. The molecule has 3 N–H and O–H groups in total. The molecule has 0 unspecified atom stereocenters. The smallest absolute Gasteiger partial charge is 0.155 e. The van der Waals surface area contributed by atoms with Crippen LogP contribution in [0.1, 0.15) is 18.1 Å². The molecular formula is C34H27FN6. The number of aromatic nitrogens is 5. The van der Waals surface area contributed by atoms with Crippen LogP contribution >= 0.6 is 0 Å². The van der Waals surface area contributed by atoms with Crippen LogP contribution in [-0.2, 0) is 0 Å². The maximum atomic E-state index is 14.0. The summed E-state index contributed by atoms with van der Waals surface area (Å²) in [7, 11) is 0. The third-order valence-corrected chi connectivity index (χ3v) is 6.95. The highest BCUT2D eigenvalue weighted by atomic mass is 19.1. The number of nitrogens with one attached hydrogen (secondary N) is 3. The lowest BCUT2D eigenvalue weighted by atomic mass is 10.0. The Kier molecular flexibility index (Phi) is 6.83. The molecule has 6 aromatic rings. The summed E-state index contributed by atoms with van der Waals surface area (Å²) in [5, 5.41) is 12.8. The molecule has 0 radical (unpaired) electrons. The van der Waals surface area contributed by atoms with Crippen molar-refractivity contribution in [2.24, 2.45) is 0 Å².